The summed E-state index contributed by atoms with van der Waals surface area (Å²) < 4.78 is 4.89. The van der Waals surface area contributed by atoms with Crippen molar-refractivity contribution in [3.63, 3.8) is 0 Å². The van der Waals surface area contributed by atoms with Crippen LogP contribution in [0.4, 0.5) is 0 Å². The van der Waals surface area contributed by atoms with Crippen molar-refractivity contribution in [1.29, 1.82) is 0 Å². The Balaban J connectivity index is 2.63. The molecule has 2 aromatic rings. The van der Waals surface area contributed by atoms with Crippen molar-refractivity contribution < 1.29 is 9.53 Å². The maximum absolute atomic E-state index is 11.7. The van der Waals surface area contributed by atoms with Gasteiger partial charge >= 0.3 is 5.97 Å². The fourth-order valence-corrected chi connectivity index (χ4v) is 2.10. The fraction of sp³-hybridized carbons (Fsp3) is 0.167. The highest BCUT2D eigenvalue weighted by Crippen LogP contribution is 2.32. The second kappa shape index (κ2) is 5.31. The van der Waals surface area contributed by atoms with Crippen LogP contribution < -0.4 is 0 Å². The first-order chi connectivity index (χ1) is 8.54. The molecule has 0 amide bonds. The monoisotopic (exact) mass is 303 g/mol. The van der Waals surface area contributed by atoms with Gasteiger partial charge in [0, 0.05) is 11.6 Å². The van der Waals surface area contributed by atoms with E-state index in [-0.39, 0.29) is 17.2 Å². The molecule has 0 saturated carbocycles. The van der Waals surface area contributed by atoms with Crippen LogP contribution in [0.5, 0.6) is 0 Å². The van der Waals surface area contributed by atoms with Crippen LogP contribution in [0.25, 0.3) is 10.9 Å². The number of halogens is 3. The smallest absolute Gasteiger partial charge is 0.341 e. The van der Waals surface area contributed by atoms with Crippen molar-refractivity contribution in [2.45, 2.75) is 6.92 Å². The maximum atomic E-state index is 11.7. The number of ether oxygens (including phenoxy) is 1. The molecule has 0 atom stereocenters. The van der Waals surface area contributed by atoms with Crippen molar-refractivity contribution >= 4 is 51.7 Å². The molecular weight excluding hydrogens is 296 g/mol. The predicted octanol–water partition coefficient (Wildman–Crippen LogP) is 4.37. The SMILES string of the molecule is CCOC(=O)c1cnc2cc(Cl)c(Cl)cc2c1Cl. The van der Waals surface area contributed by atoms with Crippen LogP contribution in [0.15, 0.2) is 18.3 Å². The highest BCUT2D eigenvalue weighted by molar-refractivity contribution is 6.44. The van der Waals surface area contributed by atoms with Crippen LogP contribution in [0.2, 0.25) is 15.1 Å². The number of rotatable bonds is 2. The predicted molar refractivity (Wildman–Crippen MR) is 72.7 cm³/mol. The first-order valence-corrected chi connectivity index (χ1v) is 6.28. The first kappa shape index (κ1) is 13.4. The molecule has 3 nitrogen and oxygen atoms in total. The van der Waals surface area contributed by atoms with E-state index in [1.807, 2.05) is 0 Å². The Morgan fingerprint density at radius 1 is 1.28 bits per heavy atom. The number of nitrogens with zero attached hydrogens (tertiary/aromatic N) is 1. The second-order valence-electron chi connectivity index (χ2n) is 3.49. The standard InChI is InChI=1S/C12H8Cl3NO2/c1-2-18-12(17)7-5-16-10-4-9(14)8(13)3-6(10)11(7)15/h3-5H,2H2,1H3. The van der Waals surface area contributed by atoms with Crippen molar-refractivity contribution in [2.75, 3.05) is 6.61 Å². The van der Waals surface area contributed by atoms with Crippen molar-refractivity contribution in [2.24, 2.45) is 0 Å². The summed E-state index contributed by atoms with van der Waals surface area (Å²) in [6.45, 7) is 1.99. The summed E-state index contributed by atoms with van der Waals surface area (Å²) in [5.74, 6) is -0.511. The van der Waals surface area contributed by atoms with E-state index in [9.17, 15) is 4.79 Å². The molecule has 0 aliphatic rings. The van der Waals surface area contributed by atoms with E-state index in [0.29, 0.717) is 20.9 Å². The van der Waals surface area contributed by atoms with Gasteiger partial charge in [0.1, 0.15) is 0 Å². The summed E-state index contributed by atoms with van der Waals surface area (Å²) in [6.07, 6.45) is 1.37. The van der Waals surface area contributed by atoms with E-state index in [4.69, 9.17) is 39.5 Å². The summed E-state index contributed by atoms with van der Waals surface area (Å²) in [5, 5.41) is 1.57. The van der Waals surface area contributed by atoms with E-state index < -0.39 is 5.97 Å². The van der Waals surface area contributed by atoms with Crippen LogP contribution in [-0.2, 0) is 4.74 Å². The Morgan fingerprint density at radius 2 is 1.94 bits per heavy atom. The van der Waals surface area contributed by atoms with Gasteiger partial charge in [-0.1, -0.05) is 34.8 Å². The zero-order chi connectivity index (χ0) is 13.3. The summed E-state index contributed by atoms with van der Waals surface area (Å²) in [6, 6.07) is 3.18. The van der Waals surface area contributed by atoms with Gasteiger partial charge in [-0.2, -0.15) is 0 Å². The summed E-state index contributed by atoms with van der Waals surface area (Å²) in [5.41, 5.74) is 0.784. The van der Waals surface area contributed by atoms with Crippen LogP contribution >= 0.6 is 34.8 Å². The Morgan fingerprint density at radius 3 is 2.61 bits per heavy atom. The van der Waals surface area contributed by atoms with E-state index in [1.165, 1.54) is 6.20 Å². The molecule has 1 heterocycles. The molecule has 0 aliphatic heterocycles. The third-order valence-electron chi connectivity index (χ3n) is 2.34. The van der Waals surface area contributed by atoms with Crippen molar-refractivity contribution in [3.8, 4) is 0 Å². The lowest BCUT2D eigenvalue weighted by molar-refractivity contribution is 0.0526. The largest absolute Gasteiger partial charge is 0.462 e. The molecule has 94 valence electrons. The topological polar surface area (TPSA) is 39.2 Å². The lowest BCUT2D eigenvalue weighted by Gasteiger charge is -2.07. The maximum Gasteiger partial charge on any atom is 0.341 e. The molecule has 0 aliphatic carbocycles. The van der Waals surface area contributed by atoms with E-state index in [1.54, 1.807) is 19.1 Å². The minimum Gasteiger partial charge on any atom is -0.462 e. The third kappa shape index (κ3) is 2.39. The Kier molecular flexibility index (Phi) is 3.95. The molecular formula is C12H8Cl3NO2. The number of carbonyl (C=O) groups excluding carboxylic acids is 1. The molecule has 0 saturated heterocycles. The van der Waals surface area contributed by atoms with Crippen molar-refractivity contribution in [1.82, 2.24) is 4.98 Å². The van der Waals surface area contributed by atoms with Crippen LogP contribution in [0.3, 0.4) is 0 Å². The minimum atomic E-state index is -0.511. The van der Waals surface area contributed by atoms with Gasteiger partial charge in [-0.15, -0.1) is 0 Å². The average molecular weight is 305 g/mol. The molecule has 6 heteroatoms. The Labute approximate surface area is 119 Å². The highest BCUT2D eigenvalue weighted by Gasteiger charge is 2.16. The van der Waals surface area contributed by atoms with Gasteiger partial charge in [0.15, 0.2) is 0 Å². The summed E-state index contributed by atoms with van der Waals surface area (Å²) >= 11 is 18.0. The molecule has 0 bridgehead atoms. The lowest BCUT2D eigenvalue weighted by atomic mass is 10.1. The number of hydrogen-bond donors (Lipinski definition) is 0. The molecule has 0 N–H and O–H groups in total. The first-order valence-electron chi connectivity index (χ1n) is 5.15. The number of fused-ring (bicyclic) bond motifs is 1. The molecule has 0 unspecified atom stereocenters. The zero-order valence-electron chi connectivity index (χ0n) is 9.34. The second-order valence-corrected chi connectivity index (χ2v) is 4.68. The van der Waals surface area contributed by atoms with Crippen molar-refractivity contribution in [3.05, 3.63) is 39.0 Å². The number of esters is 1. The fourth-order valence-electron chi connectivity index (χ4n) is 1.51. The van der Waals surface area contributed by atoms with Gasteiger partial charge in [-0.25, -0.2) is 4.79 Å². The van der Waals surface area contributed by atoms with E-state index in [2.05, 4.69) is 4.98 Å². The molecule has 0 spiro atoms. The Bertz CT molecular complexity index is 628. The van der Waals surface area contributed by atoms with Gasteiger partial charge in [0.25, 0.3) is 0 Å². The number of pyridine rings is 1. The van der Waals surface area contributed by atoms with E-state index in [0.717, 1.165) is 0 Å². The normalized spacial score (nSPS) is 10.7. The zero-order valence-corrected chi connectivity index (χ0v) is 11.6. The van der Waals surface area contributed by atoms with Crippen LogP contribution in [0, 0.1) is 0 Å². The summed E-state index contributed by atoms with van der Waals surface area (Å²) in [4.78, 5) is 15.8. The van der Waals surface area contributed by atoms with Crippen LogP contribution in [-0.4, -0.2) is 17.6 Å². The average Bonchev–Trinajstić information content (AvgIpc) is 2.32. The van der Waals surface area contributed by atoms with Gasteiger partial charge < -0.3 is 4.74 Å². The molecule has 18 heavy (non-hydrogen) atoms. The highest BCUT2D eigenvalue weighted by atomic mass is 35.5. The number of benzene rings is 1. The molecule has 0 radical (unpaired) electrons. The number of hydrogen-bond acceptors (Lipinski definition) is 3. The molecule has 0 fully saturated rings. The third-order valence-corrected chi connectivity index (χ3v) is 3.47. The molecule has 2 rings (SSSR count). The quantitative estimate of drug-likeness (QED) is 0.773. The lowest BCUT2D eigenvalue weighted by Crippen LogP contribution is -2.06. The minimum absolute atomic E-state index is 0.212. The van der Waals surface area contributed by atoms with Crippen LogP contribution in [0.1, 0.15) is 17.3 Å². The van der Waals surface area contributed by atoms with Gasteiger partial charge in [-0.3, -0.25) is 4.98 Å². The Hall–Kier alpha value is -1.03. The van der Waals surface area contributed by atoms with Gasteiger partial charge in [-0.05, 0) is 19.1 Å². The summed E-state index contributed by atoms with van der Waals surface area (Å²) in [7, 11) is 0. The van der Waals surface area contributed by atoms with E-state index >= 15 is 0 Å². The molecule has 1 aromatic carbocycles. The number of carbonyl (C=O) groups is 1. The number of aromatic nitrogens is 1. The van der Waals surface area contributed by atoms with Gasteiger partial charge in [0.05, 0.1) is 32.8 Å². The van der Waals surface area contributed by atoms with Gasteiger partial charge in [0.2, 0.25) is 0 Å². The molecule has 1 aromatic heterocycles.